The summed E-state index contributed by atoms with van der Waals surface area (Å²) in [6.45, 7) is -0.159. The molecule has 0 radical (unpaired) electrons. The maximum Gasteiger partial charge on any atom is 0.325 e. The first-order valence-corrected chi connectivity index (χ1v) is 11.1. The minimum absolute atomic E-state index is 0.159. The Bertz CT molecular complexity index is 1160. The van der Waals surface area contributed by atoms with E-state index in [2.05, 4.69) is 28.6 Å². The molecule has 3 aromatic rings. The first kappa shape index (κ1) is 18.3. The second kappa shape index (κ2) is 6.48. The summed E-state index contributed by atoms with van der Waals surface area (Å²) in [5, 5.41) is 18.3. The van der Waals surface area contributed by atoms with Gasteiger partial charge < -0.3 is 10.4 Å². The maximum atomic E-state index is 11.1. The number of nitrogens with zero attached hydrogens (tertiary/aromatic N) is 2. The van der Waals surface area contributed by atoms with Gasteiger partial charge in [-0.25, -0.2) is 0 Å². The van der Waals surface area contributed by atoms with Gasteiger partial charge in [0.25, 0.3) is 0 Å². The number of nitrogens with one attached hydrogen (secondary N) is 1. The Morgan fingerprint density at radius 2 is 1.97 bits per heavy atom. The maximum absolute atomic E-state index is 11.1. The summed E-state index contributed by atoms with van der Waals surface area (Å²) in [5.74, 6) is 1.77. The minimum atomic E-state index is -0.911. The minimum Gasteiger partial charge on any atom is -0.480 e. The molecular weight excluding hydrogens is 398 g/mol. The lowest BCUT2D eigenvalue weighted by Gasteiger charge is -2.34. The van der Waals surface area contributed by atoms with Crippen molar-refractivity contribution in [3.63, 3.8) is 0 Å². The van der Waals surface area contributed by atoms with E-state index in [0.717, 1.165) is 45.1 Å². The van der Waals surface area contributed by atoms with Gasteiger partial charge in [-0.15, -0.1) is 0 Å². The van der Waals surface area contributed by atoms with Crippen molar-refractivity contribution in [2.75, 3.05) is 5.32 Å². The Hall–Kier alpha value is -2.53. The third kappa shape index (κ3) is 2.75. The topological polar surface area (TPSA) is 67.1 Å². The molecular formula is C24H24ClN3O2. The lowest BCUT2D eigenvalue weighted by molar-refractivity contribution is -0.137. The summed E-state index contributed by atoms with van der Waals surface area (Å²) >= 11 is 6.73. The third-order valence-electron chi connectivity index (χ3n) is 7.74. The van der Waals surface area contributed by atoms with E-state index >= 15 is 0 Å². The summed E-state index contributed by atoms with van der Waals surface area (Å²) in [6, 6.07) is 12.4. The molecule has 0 spiro atoms. The van der Waals surface area contributed by atoms with Crippen molar-refractivity contribution in [2.45, 2.75) is 44.1 Å². The molecule has 4 aliphatic carbocycles. The van der Waals surface area contributed by atoms with Crippen molar-refractivity contribution in [3.05, 3.63) is 53.2 Å². The molecule has 1 heterocycles. The van der Waals surface area contributed by atoms with E-state index in [4.69, 9.17) is 16.7 Å². The van der Waals surface area contributed by atoms with Crippen LogP contribution in [-0.2, 0) is 16.8 Å². The third-order valence-corrected chi connectivity index (χ3v) is 8.06. The number of hydrogen-bond acceptors (Lipinski definition) is 3. The molecule has 5 nitrogen and oxygen atoms in total. The van der Waals surface area contributed by atoms with Gasteiger partial charge in [0.1, 0.15) is 6.54 Å². The fourth-order valence-electron chi connectivity index (χ4n) is 6.75. The molecule has 6 heteroatoms. The van der Waals surface area contributed by atoms with E-state index in [1.54, 1.807) is 6.20 Å². The molecule has 4 bridgehead atoms. The van der Waals surface area contributed by atoms with E-state index in [-0.39, 0.29) is 6.54 Å². The van der Waals surface area contributed by atoms with E-state index in [1.807, 2.05) is 18.2 Å². The summed E-state index contributed by atoms with van der Waals surface area (Å²) in [6.07, 6.45) is 8.60. The summed E-state index contributed by atoms with van der Waals surface area (Å²) in [7, 11) is 0. The number of anilines is 2. The molecule has 0 saturated heterocycles. The molecule has 2 unspecified atom stereocenters. The number of rotatable bonds is 5. The first-order chi connectivity index (χ1) is 14.5. The fourth-order valence-corrected chi connectivity index (χ4v) is 6.98. The average molecular weight is 422 g/mol. The molecule has 154 valence electrons. The summed E-state index contributed by atoms with van der Waals surface area (Å²) < 4.78 is 1.50. The Balaban J connectivity index is 1.29. The van der Waals surface area contributed by atoms with Gasteiger partial charge >= 0.3 is 5.97 Å². The molecule has 4 aliphatic rings. The zero-order valence-electron chi connectivity index (χ0n) is 16.6. The number of carbonyl (C=O) groups is 1. The summed E-state index contributed by atoms with van der Waals surface area (Å²) in [4.78, 5) is 11.1. The fraction of sp³-hybridized carbons (Fsp3) is 0.417. The van der Waals surface area contributed by atoms with Crippen LogP contribution in [-0.4, -0.2) is 20.9 Å². The van der Waals surface area contributed by atoms with Crippen LogP contribution >= 0.6 is 11.6 Å². The number of halogens is 1. The largest absolute Gasteiger partial charge is 0.480 e. The number of carboxylic acid groups (broad SMARTS) is 1. The average Bonchev–Trinajstić information content (AvgIpc) is 3.30. The highest BCUT2D eigenvalue weighted by atomic mass is 35.5. The van der Waals surface area contributed by atoms with Crippen LogP contribution in [0.1, 0.15) is 37.7 Å². The van der Waals surface area contributed by atoms with Crippen LogP contribution in [0, 0.1) is 17.8 Å². The molecule has 1 aromatic heterocycles. The lowest BCUT2D eigenvalue weighted by Crippen LogP contribution is -2.27. The van der Waals surface area contributed by atoms with Crippen LogP contribution in [0.4, 0.5) is 11.4 Å². The van der Waals surface area contributed by atoms with Gasteiger partial charge in [-0.2, -0.15) is 5.10 Å². The Morgan fingerprint density at radius 3 is 2.70 bits per heavy atom. The second-order valence-electron chi connectivity index (χ2n) is 9.49. The number of benzene rings is 2. The predicted molar refractivity (Wildman–Crippen MR) is 117 cm³/mol. The SMILES string of the molecule is O=C(O)Cn1ncc2ccc(Nc3ccc(C45CC6CC(CC4C6)C5)cc3Cl)cc21. The van der Waals surface area contributed by atoms with Crippen LogP contribution in [0.25, 0.3) is 10.9 Å². The van der Waals surface area contributed by atoms with Crippen LogP contribution in [0.3, 0.4) is 0 Å². The number of aromatic nitrogens is 2. The summed E-state index contributed by atoms with van der Waals surface area (Å²) in [5.41, 5.74) is 4.30. The van der Waals surface area contributed by atoms with E-state index < -0.39 is 5.97 Å². The molecule has 2 N–H and O–H groups in total. The van der Waals surface area contributed by atoms with Gasteiger partial charge in [0.05, 0.1) is 22.4 Å². The van der Waals surface area contributed by atoms with Gasteiger partial charge in [0.15, 0.2) is 0 Å². The molecule has 0 aliphatic heterocycles. The molecule has 2 atom stereocenters. The quantitative estimate of drug-likeness (QED) is 0.563. The van der Waals surface area contributed by atoms with Crippen molar-refractivity contribution >= 4 is 39.8 Å². The lowest BCUT2D eigenvalue weighted by atomic mass is 9.71. The number of fused-ring (bicyclic) bond motifs is 1. The molecule has 4 saturated carbocycles. The van der Waals surface area contributed by atoms with E-state index in [0.29, 0.717) is 5.41 Å². The normalized spacial score (nSPS) is 29.0. The second-order valence-corrected chi connectivity index (χ2v) is 9.90. The van der Waals surface area contributed by atoms with Gasteiger partial charge in [-0.05, 0) is 91.2 Å². The zero-order chi connectivity index (χ0) is 20.5. The monoisotopic (exact) mass is 421 g/mol. The molecule has 7 rings (SSSR count). The highest BCUT2D eigenvalue weighted by Gasteiger charge is 2.58. The Morgan fingerprint density at radius 1 is 1.17 bits per heavy atom. The number of hydrogen-bond donors (Lipinski definition) is 2. The standard InChI is InChI=1S/C24H24ClN3O2/c25-20-8-17(24-10-14-5-15(11-24)7-18(24)6-14)2-4-21(20)27-19-3-1-16-12-26-28(13-23(29)30)22(16)9-19/h1-4,8-9,12,14-15,18,27H,5-7,10-11,13H2,(H,29,30). The van der Waals surface area contributed by atoms with Gasteiger partial charge in [-0.1, -0.05) is 17.7 Å². The number of carboxylic acids is 1. The van der Waals surface area contributed by atoms with Gasteiger partial charge in [0.2, 0.25) is 0 Å². The van der Waals surface area contributed by atoms with Crippen LogP contribution in [0.15, 0.2) is 42.6 Å². The molecule has 0 amide bonds. The Kier molecular flexibility index (Phi) is 3.94. The van der Waals surface area contributed by atoms with Crippen molar-refractivity contribution in [1.82, 2.24) is 9.78 Å². The molecule has 4 fully saturated rings. The smallest absolute Gasteiger partial charge is 0.325 e. The molecule has 2 aromatic carbocycles. The van der Waals surface area contributed by atoms with Crippen molar-refractivity contribution in [3.8, 4) is 0 Å². The van der Waals surface area contributed by atoms with Crippen LogP contribution in [0.5, 0.6) is 0 Å². The van der Waals surface area contributed by atoms with Crippen molar-refractivity contribution in [2.24, 2.45) is 17.8 Å². The van der Waals surface area contributed by atoms with E-state index in [9.17, 15) is 4.79 Å². The van der Waals surface area contributed by atoms with Gasteiger partial charge in [-0.3, -0.25) is 9.48 Å². The molecule has 30 heavy (non-hydrogen) atoms. The number of aliphatic carboxylic acids is 1. The highest BCUT2D eigenvalue weighted by Crippen LogP contribution is 2.66. The van der Waals surface area contributed by atoms with Gasteiger partial charge in [0, 0.05) is 11.1 Å². The van der Waals surface area contributed by atoms with Crippen LogP contribution < -0.4 is 5.32 Å². The van der Waals surface area contributed by atoms with Crippen molar-refractivity contribution in [1.29, 1.82) is 0 Å². The Labute approximate surface area is 180 Å². The van der Waals surface area contributed by atoms with E-state index in [1.165, 1.54) is 42.3 Å². The highest BCUT2D eigenvalue weighted by molar-refractivity contribution is 6.33. The predicted octanol–water partition coefficient (Wildman–Crippen LogP) is 5.60. The first-order valence-electron chi connectivity index (χ1n) is 10.7. The van der Waals surface area contributed by atoms with Crippen LogP contribution in [0.2, 0.25) is 5.02 Å². The zero-order valence-corrected chi connectivity index (χ0v) is 17.4. The van der Waals surface area contributed by atoms with Crippen molar-refractivity contribution < 1.29 is 9.90 Å².